The molecule has 0 aliphatic carbocycles. The Morgan fingerprint density at radius 2 is 1.41 bits per heavy atom. The molecule has 1 heterocycles. The molecule has 6 nitrogen and oxygen atoms in total. The lowest BCUT2D eigenvalue weighted by molar-refractivity contribution is -0.384. The number of non-ortho nitro benzene ring substituents is 1. The second kappa shape index (κ2) is 10.1. The monoisotopic (exact) mass is 474 g/mol. The zero-order chi connectivity index (χ0) is 24.1. The van der Waals surface area contributed by atoms with Gasteiger partial charge in [-0.25, -0.2) is 12.4 Å². The van der Waals surface area contributed by atoms with Crippen molar-refractivity contribution in [1.82, 2.24) is 3.97 Å². The van der Waals surface area contributed by atoms with E-state index in [1.54, 1.807) is 12.3 Å². The SMILES string of the molecule is CCC[C@H](c1ccccc1)[C@H](c1ccccc1)c1cccn1S(=O)(=O)c1ccc([N+](=O)[O-])cc1. The van der Waals surface area contributed by atoms with Crippen molar-refractivity contribution in [3.8, 4) is 0 Å². The standard InChI is InChI=1S/C27H26N2O4S/c1-2-10-25(21-11-5-3-6-12-21)27(22-13-7-4-8-14-22)26-15-9-20-28(26)34(32,33)24-18-16-23(17-19-24)29(30)31/h3-9,11-20,25,27H,2,10H2,1H3/t25-,27+/m1/s1. The van der Waals surface area contributed by atoms with E-state index >= 15 is 0 Å². The Bertz CT molecular complexity index is 1350. The third-order valence-electron chi connectivity index (χ3n) is 6.05. The number of hydrogen-bond acceptors (Lipinski definition) is 4. The average molecular weight is 475 g/mol. The molecule has 0 saturated carbocycles. The molecule has 2 atom stereocenters. The summed E-state index contributed by atoms with van der Waals surface area (Å²) in [6.45, 7) is 2.13. The molecule has 174 valence electrons. The summed E-state index contributed by atoms with van der Waals surface area (Å²) in [4.78, 5) is 10.5. The molecular formula is C27H26N2O4S. The van der Waals surface area contributed by atoms with Crippen molar-refractivity contribution in [3.63, 3.8) is 0 Å². The Hall–Kier alpha value is -3.71. The van der Waals surface area contributed by atoms with Crippen LogP contribution in [0.25, 0.3) is 0 Å². The number of rotatable bonds is 9. The first kappa shape index (κ1) is 23.4. The number of hydrogen-bond donors (Lipinski definition) is 0. The number of nitro benzene ring substituents is 1. The van der Waals surface area contributed by atoms with Crippen molar-refractivity contribution in [2.24, 2.45) is 0 Å². The van der Waals surface area contributed by atoms with Gasteiger partial charge >= 0.3 is 0 Å². The van der Waals surface area contributed by atoms with E-state index in [2.05, 4.69) is 19.1 Å². The molecule has 0 saturated heterocycles. The number of nitro groups is 1. The summed E-state index contributed by atoms with van der Waals surface area (Å²) < 4.78 is 28.6. The molecule has 0 bridgehead atoms. The number of benzene rings is 3. The summed E-state index contributed by atoms with van der Waals surface area (Å²) in [6, 6.07) is 28.7. The first-order valence-electron chi connectivity index (χ1n) is 11.2. The third kappa shape index (κ3) is 4.65. The molecule has 4 rings (SSSR count). The molecule has 0 amide bonds. The van der Waals surface area contributed by atoms with Crippen molar-refractivity contribution in [2.75, 3.05) is 0 Å². The van der Waals surface area contributed by atoms with Crippen LogP contribution in [-0.4, -0.2) is 17.3 Å². The van der Waals surface area contributed by atoms with Crippen molar-refractivity contribution in [2.45, 2.75) is 36.5 Å². The van der Waals surface area contributed by atoms with Crippen LogP contribution in [0.5, 0.6) is 0 Å². The molecule has 0 aliphatic heterocycles. The van der Waals surface area contributed by atoms with Gasteiger partial charge in [-0.15, -0.1) is 0 Å². The van der Waals surface area contributed by atoms with Crippen LogP contribution in [0.4, 0.5) is 5.69 Å². The topological polar surface area (TPSA) is 82.2 Å². The first-order chi connectivity index (χ1) is 16.4. The predicted molar refractivity (Wildman–Crippen MR) is 132 cm³/mol. The Morgan fingerprint density at radius 3 is 1.97 bits per heavy atom. The second-order valence-corrected chi connectivity index (χ2v) is 9.99. The Labute approximate surface area is 199 Å². The van der Waals surface area contributed by atoms with Crippen molar-refractivity contribution >= 4 is 15.7 Å². The predicted octanol–water partition coefficient (Wildman–Crippen LogP) is 6.35. The normalized spacial score (nSPS) is 13.3. The van der Waals surface area contributed by atoms with Crippen molar-refractivity contribution < 1.29 is 13.3 Å². The molecule has 7 heteroatoms. The fraction of sp³-hybridized carbons (Fsp3) is 0.185. The van der Waals surface area contributed by atoms with Crippen molar-refractivity contribution in [3.05, 3.63) is 130 Å². The fourth-order valence-corrected chi connectivity index (χ4v) is 5.89. The molecular weight excluding hydrogens is 448 g/mol. The van der Waals surface area contributed by atoms with Crippen LogP contribution in [0.15, 0.2) is 108 Å². The maximum atomic E-state index is 13.6. The van der Waals surface area contributed by atoms with Gasteiger partial charge in [-0.1, -0.05) is 74.0 Å². The second-order valence-electron chi connectivity index (χ2n) is 8.18. The van der Waals surface area contributed by atoms with Crippen LogP contribution in [0.2, 0.25) is 0 Å². The molecule has 0 radical (unpaired) electrons. The van der Waals surface area contributed by atoms with Gasteiger partial charge in [0, 0.05) is 29.9 Å². The molecule has 3 aromatic carbocycles. The largest absolute Gasteiger partial charge is 0.269 e. The maximum absolute atomic E-state index is 13.6. The highest BCUT2D eigenvalue weighted by atomic mass is 32.2. The van der Waals surface area contributed by atoms with E-state index < -0.39 is 14.9 Å². The van der Waals surface area contributed by atoms with Gasteiger partial charge in [-0.05, 0) is 47.7 Å². The summed E-state index contributed by atoms with van der Waals surface area (Å²) in [6.07, 6.45) is 3.38. The minimum atomic E-state index is -3.96. The van der Waals surface area contributed by atoms with E-state index in [4.69, 9.17) is 0 Å². The van der Waals surface area contributed by atoms with E-state index in [9.17, 15) is 18.5 Å². The van der Waals surface area contributed by atoms with Gasteiger partial charge in [-0.3, -0.25) is 10.1 Å². The highest BCUT2D eigenvalue weighted by molar-refractivity contribution is 7.90. The number of aromatic nitrogens is 1. The molecule has 0 N–H and O–H groups in total. The van der Waals surface area contributed by atoms with Crippen LogP contribution in [-0.2, 0) is 10.0 Å². The van der Waals surface area contributed by atoms with Crippen LogP contribution in [0.3, 0.4) is 0 Å². The molecule has 0 unspecified atom stereocenters. The summed E-state index contributed by atoms with van der Waals surface area (Å²) in [7, 11) is -3.96. The third-order valence-corrected chi connectivity index (χ3v) is 7.77. The van der Waals surface area contributed by atoms with Crippen molar-refractivity contribution in [1.29, 1.82) is 0 Å². The van der Waals surface area contributed by atoms with Gasteiger partial charge in [0.1, 0.15) is 0 Å². The maximum Gasteiger partial charge on any atom is 0.269 e. The number of nitrogens with zero attached hydrogens (tertiary/aromatic N) is 2. The van der Waals surface area contributed by atoms with Gasteiger partial charge in [0.25, 0.3) is 15.7 Å². The van der Waals surface area contributed by atoms with E-state index in [0.717, 1.165) is 24.0 Å². The average Bonchev–Trinajstić information content (AvgIpc) is 3.35. The smallest absolute Gasteiger partial charge is 0.258 e. The zero-order valence-electron chi connectivity index (χ0n) is 18.8. The molecule has 0 aliphatic rings. The summed E-state index contributed by atoms with van der Waals surface area (Å²) in [5, 5.41) is 11.0. The molecule has 1 aromatic heterocycles. The van der Waals surface area contributed by atoms with E-state index in [-0.39, 0.29) is 22.4 Å². The molecule has 34 heavy (non-hydrogen) atoms. The highest BCUT2D eigenvalue weighted by Crippen LogP contribution is 2.42. The van der Waals surface area contributed by atoms with Gasteiger partial charge in [0.2, 0.25) is 0 Å². The van der Waals surface area contributed by atoms with Gasteiger partial charge in [-0.2, -0.15) is 0 Å². The van der Waals surface area contributed by atoms with Crippen LogP contribution in [0, 0.1) is 10.1 Å². The Kier molecular flexibility index (Phi) is 6.93. The summed E-state index contributed by atoms with van der Waals surface area (Å²) in [5.41, 5.74) is 2.69. The molecule has 4 aromatic rings. The molecule has 0 spiro atoms. The quantitative estimate of drug-likeness (QED) is 0.209. The van der Waals surface area contributed by atoms with E-state index in [1.165, 1.54) is 28.2 Å². The summed E-state index contributed by atoms with van der Waals surface area (Å²) in [5.74, 6) is -0.138. The van der Waals surface area contributed by atoms with Gasteiger partial charge < -0.3 is 0 Å². The van der Waals surface area contributed by atoms with E-state index in [1.807, 2.05) is 54.6 Å². The van der Waals surface area contributed by atoms with Gasteiger partial charge in [0.15, 0.2) is 0 Å². The highest BCUT2D eigenvalue weighted by Gasteiger charge is 2.31. The zero-order valence-corrected chi connectivity index (χ0v) is 19.6. The lowest BCUT2D eigenvalue weighted by Gasteiger charge is -2.29. The fourth-order valence-electron chi connectivity index (χ4n) is 4.50. The lowest BCUT2D eigenvalue weighted by Crippen LogP contribution is -2.21. The molecule has 0 fully saturated rings. The van der Waals surface area contributed by atoms with Gasteiger partial charge in [0.05, 0.1) is 9.82 Å². The minimum Gasteiger partial charge on any atom is -0.258 e. The van der Waals surface area contributed by atoms with Crippen LogP contribution < -0.4 is 0 Å². The van der Waals surface area contributed by atoms with Crippen LogP contribution in [0.1, 0.15) is 48.4 Å². The minimum absolute atomic E-state index is 0.00844. The Balaban J connectivity index is 1.86. The Morgan fingerprint density at radius 1 is 0.824 bits per heavy atom. The first-order valence-corrected chi connectivity index (χ1v) is 12.6. The summed E-state index contributed by atoms with van der Waals surface area (Å²) >= 11 is 0. The van der Waals surface area contributed by atoms with E-state index in [0.29, 0.717) is 5.69 Å². The lowest BCUT2D eigenvalue weighted by atomic mass is 9.77. The van der Waals surface area contributed by atoms with Crippen LogP contribution >= 0.6 is 0 Å².